The molecule has 9 aromatic carbocycles. The molecule has 0 spiro atoms. The molecule has 2 aromatic heterocycles. The number of hydrogen-bond donors (Lipinski definition) is 0. The van der Waals surface area contributed by atoms with Crippen LogP contribution in [0, 0.1) is 11.3 Å². The molecule has 0 saturated carbocycles. The zero-order valence-electron chi connectivity index (χ0n) is 35.3. The molecule has 65 heavy (non-hydrogen) atoms. The molecule has 0 bridgehead atoms. The van der Waals surface area contributed by atoms with Gasteiger partial charge in [0.25, 0.3) is 0 Å². The number of aromatic nitrogens is 3. The fraction of sp³-hybridized carbons (Fsp3) is 0. The lowest BCUT2D eigenvalue weighted by molar-refractivity contribution is 1.17. The topological polar surface area (TPSA) is 61.0 Å². The van der Waals surface area contributed by atoms with Crippen LogP contribution < -0.4 is 9.80 Å². The molecule has 306 valence electrons. The minimum atomic E-state index is 0.511. The molecule has 0 unspecified atom stereocenters. The van der Waals surface area contributed by atoms with Gasteiger partial charge in [-0.05, 0) is 115 Å². The summed E-state index contributed by atoms with van der Waals surface area (Å²) in [5, 5.41) is 12.3. The van der Waals surface area contributed by atoms with Crippen molar-refractivity contribution in [2.24, 2.45) is 0 Å². The minimum absolute atomic E-state index is 0.511. The molecule has 0 aliphatic rings. The number of fused-ring (bicyclic) bond motifs is 3. The molecule has 0 saturated heterocycles. The highest BCUT2D eigenvalue weighted by molar-refractivity contribution is 6.12. The summed E-state index contributed by atoms with van der Waals surface area (Å²) < 4.78 is 2.36. The third-order valence-electron chi connectivity index (χ3n) is 11.8. The fourth-order valence-electron chi connectivity index (χ4n) is 8.79. The summed E-state index contributed by atoms with van der Waals surface area (Å²) in [6.45, 7) is 0. The van der Waals surface area contributed by atoms with E-state index in [1.54, 1.807) is 0 Å². The van der Waals surface area contributed by atoms with Gasteiger partial charge in [0, 0.05) is 67.3 Å². The van der Waals surface area contributed by atoms with Gasteiger partial charge in [0.05, 0.1) is 34.1 Å². The van der Waals surface area contributed by atoms with Crippen molar-refractivity contribution in [3.8, 4) is 45.7 Å². The number of benzene rings is 9. The molecule has 2 heterocycles. The first-order chi connectivity index (χ1) is 32.2. The molecule has 0 amide bonds. The summed E-state index contributed by atoms with van der Waals surface area (Å²) in [6.07, 6.45) is 0. The lowest BCUT2D eigenvalue weighted by Crippen LogP contribution is -2.09. The number of nitrogens with zero attached hydrogens (tertiary/aromatic N) is 6. The van der Waals surface area contributed by atoms with Gasteiger partial charge in [-0.1, -0.05) is 127 Å². The van der Waals surface area contributed by atoms with E-state index in [1.807, 2.05) is 60.7 Å². The second kappa shape index (κ2) is 17.0. The predicted molar refractivity (Wildman–Crippen MR) is 267 cm³/mol. The standard InChI is InChI=1S/C59H40N6/c60-41-44-20-16-17-29-52(44)59-61-55(42-18-6-1-7-19-42)40-56(62-59)43-30-32-49(33-31-43)65-57-36-34-50(63(45-21-8-2-9-22-45)46-23-10-3-11-24-46)38-53(57)54-39-51(35-37-58(54)65)64(47-25-12-4-13-26-47)48-27-14-5-15-28-48/h1-40H. The Morgan fingerprint density at radius 1 is 0.369 bits per heavy atom. The molecule has 6 nitrogen and oxygen atoms in total. The van der Waals surface area contributed by atoms with Crippen LogP contribution in [-0.4, -0.2) is 14.5 Å². The second-order valence-corrected chi connectivity index (χ2v) is 15.8. The SMILES string of the molecule is N#Cc1ccccc1-c1nc(-c2ccccc2)cc(-c2ccc(-n3c4ccc(N(c5ccccc5)c5ccccc5)cc4c4cc(N(c5ccccc5)c5ccccc5)ccc43)cc2)n1. The summed E-state index contributed by atoms with van der Waals surface area (Å²) in [4.78, 5) is 14.7. The Kier molecular flexibility index (Phi) is 10.2. The number of rotatable bonds is 10. The molecule has 11 rings (SSSR count). The van der Waals surface area contributed by atoms with Crippen molar-refractivity contribution in [3.05, 3.63) is 248 Å². The first-order valence-electron chi connectivity index (χ1n) is 21.6. The molecule has 0 N–H and O–H groups in total. The third kappa shape index (κ3) is 7.43. The Morgan fingerprint density at radius 3 is 1.22 bits per heavy atom. The summed E-state index contributed by atoms with van der Waals surface area (Å²) in [5.41, 5.74) is 14.3. The third-order valence-corrected chi connectivity index (χ3v) is 11.8. The van der Waals surface area contributed by atoms with Crippen molar-refractivity contribution < 1.29 is 0 Å². The Balaban J connectivity index is 1.09. The van der Waals surface area contributed by atoms with Gasteiger partial charge in [-0.25, -0.2) is 9.97 Å². The summed E-state index contributed by atoms with van der Waals surface area (Å²) in [7, 11) is 0. The van der Waals surface area contributed by atoms with Crippen LogP contribution in [0.2, 0.25) is 0 Å². The van der Waals surface area contributed by atoms with Gasteiger partial charge in [0.2, 0.25) is 0 Å². The molecule has 6 heteroatoms. The molecule has 0 radical (unpaired) electrons. The van der Waals surface area contributed by atoms with Crippen molar-refractivity contribution in [2.45, 2.75) is 0 Å². The average Bonchev–Trinajstić information content (AvgIpc) is 3.71. The van der Waals surface area contributed by atoms with E-state index in [4.69, 9.17) is 9.97 Å². The van der Waals surface area contributed by atoms with Crippen LogP contribution in [0.25, 0.3) is 61.4 Å². The number of anilines is 6. The van der Waals surface area contributed by atoms with Crippen molar-refractivity contribution in [1.29, 1.82) is 5.26 Å². The molecule has 0 fully saturated rings. The van der Waals surface area contributed by atoms with Crippen molar-refractivity contribution in [3.63, 3.8) is 0 Å². The van der Waals surface area contributed by atoms with Crippen LogP contribution in [0.1, 0.15) is 5.56 Å². The zero-order chi connectivity index (χ0) is 43.5. The highest BCUT2D eigenvalue weighted by atomic mass is 15.1. The molecule has 0 aliphatic carbocycles. The van der Waals surface area contributed by atoms with Gasteiger partial charge in [-0.3, -0.25) is 0 Å². The second-order valence-electron chi connectivity index (χ2n) is 15.8. The first kappa shape index (κ1) is 38.8. The molecular formula is C59H40N6. The number of para-hydroxylation sites is 4. The van der Waals surface area contributed by atoms with E-state index < -0.39 is 0 Å². The number of nitriles is 1. The Morgan fingerprint density at radius 2 is 0.769 bits per heavy atom. The average molecular weight is 833 g/mol. The molecule has 11 aromatic rings. The Hall–Kier alpha value is -9.05. The van der Waals surface area contributed by atoms with Crippen LogP contribution >= 0.6 is 0 Å². The first-order valence-corrected chi connectivity index (χ1v) is 21.6. The van der Waals surface area contributed by atoms with Crippen LogP contribution in [-0.2, 0) is 0 Å². The van der Waals surface area contributed by atoms with Crippen LogP contribution in [0.4, 0.5) is 34.1 Å². The quantitative estimate of drug-likeness (QED) is 0.137. The van der Waals surface area contributed by atoms with E-state index in [0.717, 1.165) is 84.1 Å². The van der Waals surface area contributed by atoms with E-state index >= 15 is 0 Å². The summed E-state index contributed by atoms with van der Waals surface area (Å²) in [6, 6.07) is 86.3. The van der Waals surface area contributed by atoms with Crippen LogP contribution in [0.5, 0.6) is 0 Å². The number of hydrogen-bond acceptors (Lipinski definition) is 5. The Labute approximate surface area is 377 Å². The van der Waals surface area contributed by atoms with E-state index in [1.165, 1.54) is 0 Å². The molecule has 0 aliphatic heterocycles. The smallest absolute Gasteiger partial charge is 0.161 e. The van der Waals surface area contributed by atoms with Gasteiger partial charge in [-0.15, -0.1) is 0 Å². The van der Waals surface area contributed by atoms with Crippen molar-refractivity contribution in [2.75, 3.05) is 9.80 Å². The predicted octanol–water partition coefficient (Wildman–Crippen LogP) is 15.4. The van der Waals surface area contributed by atoms with Crippen molar-refractivity contribution >= 4 is 55.9 Å². The van der Waals surface area contributed by atoms with Gasteiger partial charge in [0.1, 0.15) is 0 Å². The van der Waals surface area contributed by atoms with E-state index in [0.29, 0.717) is 17.0 Å². The normalized spacial score (nSPS) is 11.1. The maximum atomic E-state index is 10.0. The van der Waals surface area contributed by atoms with E-state index in [-0.39, 0.29) is 0 Å². The fourth-order valence-corrected chi connectivity index (χ4v) is 8.79. The maximum absolute atomic E-state index is 10.0. The Bertz CT molecular complexity index is 3260. The van der Waals surface area contributed by atoms with Gasteiger partial charge in [0.15, 0.2) is 5.82 Å². The minimum Gasteiger partial charge on any atom is -0.310 e. The zero-order valence-corrected chi connectivity index (χ0v) is 35.3. The molecule has 0 atom stereocenters. The van der Waals surface area contributed by atoms with Crippen molar-refractivity contribution in [1.82, 2.24) is 14.5 Å². The highest BCUT2D eigenvalue weighted by Gasteiger charge is 2.21. The van der Waals surface area contributed by atoms with E-state index in [9.17, 15) is 5.26 Å². The largest absolute Gasteiger partial charge is 0.310 e. The van der Waals surface area contributed by atoms with Gasteiger partial charge < -0.3 is 14.4 Å². The summed E-state index contributed by atoms with van der Waals surface area (Å²) >= 11 is 0. The highest BCUT2D eigenvalue weighted by Crippen LogP contribution is 2.43. The van der Waals surface area contributed by atoms with Crippen LogP contribution in [0.15, 0.2) is 243 Å². The monoisotopic (exact) mass is 832 g/mol. The molecular weight excluding hydrogens is 793 g/mol. The van der Waals surface area contributed by atoms with E-state index in [2.05, 4.69) is 202 Å². The van der Waals surface area contributed by atoms with Crippen LogP contribution in [0.3, 0.4) is 0 Å². The summed E-state index contributed by atoms with van der Waals surface area (Å²) in [5.74, 6) is 0.511. The van der Waals surface area contributed by atoms with Gasteiger partial charge in [-0.2, -0.15) is 5.26 Å². The lowest BCUT2D eigenvalue weighted by atomic mass is 10.0. The van der Waals surface area contributed by atoms with Gasteiger partial charge >= 0.3 is 0 Å². The lowest BCUT2D eigenvalue weighted by Gasteiger charge is -2.26. The maximum Gasteiger partial charge on any atom is 0.161 e.